The van der Waals surface area contributed by atoms with Crippen LogP contribution >= 0.6 is 23.2 Å². The van der Waals surface area contributed by atoms with Crippen molar-refractivity contribution in [1.82, 2.24) is 15.1 Å². The summed E-state index contributed by atoms with van der Waals surface area (Å²) in [5.41, 5.74) is 0.937. The number of carbonyl (C=O) groups is 2. The Morgan fingerprint density at radius 1 is 1.33 bits per heavy atom. The highest BCUT2D eigenvalue weighted by Crippen LogP contribution is 2.23. The largest absolute Gasteiger partial charge is 0.396 e. The van der Waals surface area contributed by atoms with Crippen molar-refractivity contribution in [1.29, 1.82) is 0 Å². The molecule has 0 saturated carbocycles. The van der Waals surface area contributed by atoms with Gasteiger partial charge >= 0.3 is 0 Å². The van der Waals surface area contributed by atoms with Gasteiger partial charge in [0.2, 0.25) is 11.8 Å². The lowest BCUT2D eigenvalue weighted by Gasteiger charge is -2.30. The van der Waals surface area contributed by atoms with Crippen molar-refractivity contribution in [2.24, 2.45) is 0 Å². The summed E-state index contributed by atoms with van der Waals surface area (Å²) in [6.45, 7) is 2.43. The van der Waals surface area contributed by atoms with Gasteiger partial charge in [0.15, 0.2) is 0 Å². The molecule has 1 aromatic rings. The molecule has 132 valence electrons. The Labute approximate surface area is 151 Å². The van der Waals surface area contributed by atoms with Crippen LogP contribution in [0.1, 0.15) is 12.0 Å². The number of piperazine rings is 1. The third kappa shape index (κ3) is 5.63. The van der Waals surface area contributed by atoms with Gasteiger partial charge in [0.05, 0.1) is 23.1 Å². The summed E-state index contributed by atoms with van der Waals surface area (Å²) < 4.78 is 0. The summed E-state index contributed by atoms with van der Waals surface area (Å²) in [4.78, 5) is 27.3. The first-order chi connectivity index (χ1) is 11.5. The van der Waals surface area contributed by atoms with Gasteiger partial charge < -0.3 is 15.3 Å². The first-order valence-corrected chi connectivity index (χ1v) is 8.57. The highest BCUT2D eigenvalue weighted by atomic mass is 35.5. The Balaban J connectivity index is 1.99. The molecule has 0 atom stereocenters. The van der Waals surface area contributed by atoms with Crippen molar-refractivity contribution in [3.63, 3.8) is 0 Å². The third-order valence-electron chi connectivity index (χ3n) is 3.77. The summed E-state index contributed by atoms with van der Waals surface area (Å²) in [5, 5.41) is 12.7. The Morgan fingerprint density at radius 2 is 2.12 bits per heavy atom. The molecule has 2 amide bonds. The van der Waals surface area contributed by atoms with E-state index in [0.29, 0.717) is 42.6 Å². The van der Waals surface area contributed by atoms with Gasteiger partial charge in [0.1, 0.15) is 0 Å². The van der Waals surface area contributed by atoms with E-state index >= 15 is 0 Å². The predicted octanol–water partition coefficient (Wildman–Crippen LogP) is 1.14. The van der Waals surface area contributed by atoms with Crippen LogP contribution in [0.5, 0.6) is 0 Å². The average molecular weight is 374 g/mol. The molecule has 1 heterocycles. The fraction of sp³-hybridized carbons (Fsp3) is 0.500. The van der Waals surface area contributed by atoms with E-state index in [-0.39, 0.29) is 31.5 Å². The molecule has 2 rings (SSSR count). The first-order valence-electron chi connectivity index (χ1n) is 7.81. The first kappa shape index (κ1) is 19.0. The molecule has 8 heteroatoms. The van der Waals surface area contributed by atoms with E-state index in [1.54, 1.807) is 17.0 Å². The van der Waals surface area contributed by atoms with Crippen LogP contribution in [-0.4, -0.2) is 66.1 Å². The molecular formula is C16H21Cl2N3O3. The Bertz CT molecular complexity index is 598. The van der Waals surface area contributed by atoms with E-state index < -0.39 is 0 Å². The topological polar surface area (TPSA) is 72.9 Å². The molecule has 1 aromatic carbocycles. The standard InChI is InChI=1S/C16H21Cl2N3O3/c17-13-3-2-12(8-14(13)18)9-20(5-1-7-22)11-16(24)21-6-4-19-15(23)10-21/h2-3,8,22H,1,4-7,9-11H2,(H,19,23). The van der Waals surface area contributed by atoms with Crippen LogP contribution in [0.15, 0.2) is 18.2 Å². The second-order valence-electron chi connectivity index (χ2n) is 5.70. The van der Waals surface area contributed by atoms with Gasteiger partial charge in [-0.1, -0.05) is 29.3 Å². The van der Waals surface area contributed by atoms with E-state index in [0.717, 1.165) is 5.56 Å². The van der Waals surface area contributed by atoms with E-state index in [4.69, 9.17) is 28.3 Å². The van der Waals surface area contributed by atoms with E-state index in [2.05, 4.69) is 5.32 Å². The maximum Gasteiger partial charge on any atom is 0.239 e. The molecule has 1 fully saturated rings. The minimum atomic E-state index is -0.138. The lowest BCUT2D eigenvalue weighted by molar-refractivity contribution is -0.139. The van der Waals surface area contributed by atoms with Crippen LogP contribution in [0, 0.1) is 0 Å². The fourth-order valence-electron chi connectivity index (χ4n) is 2.55. The number of aliphatic hydroxyl groups excluding tert-OH is 1. The number of halogens is 2. The van der Waals surface area contributed by atoms with Crippen LogP contribution in [0.4, 0.5) is 0 Å². The van der Waals surface area contributed by atoms with Gasteiger partial charge in [0.25, 0.3) is 0 Å². The molecular weight excluding hydrogens is 353 g/mol. The maximum atomic E-state index is 12.4. The van der Waals surface area contributed by atoms with Crippen molar-refractivity contribution in [3.05, 3.63) is 33.8 Å². The van der Waals surface area contributed by atoms with Crippen LogP contribution in [0.3, 0.4) is 0 Å². The Kier molecular flexibility index (Phi) is 7.30. The van der Waals surface area contributed by atoms with Crippen LogP contribution in [0.2, 0.25) is 10.0 Å². The number of carbonyl (C=O) groups excluding carboxylic acids is 2. The van der Waals surface area contributed by atoms with Crippen molar-refractivity contribution in [2.45, 2.75) is 13.0 Å². The van der Waals surface area contributed by atoms with Crippen LogP contribution in [-0.2, 0) is 16.1 Å². The van der Waals surface area contributed by atoms with Crippen molar-refractivity contribution in [2.75, 3.05) is 39.3 Å². The Morgan fingerprint density at radius 3 is 2.79 bits per heavy atom. The van der Waals surface area contributed by atoms with Crippen LogP contribution < -0.4 is 5.32 Å². The summed E-state index contributed by atoms with van der Waals surface area (Å²) in [6, 6.07) is 5.36. The second-order valence-corrected chi connectivity index (χ2v) is 6.52. The molecule has 0 radical (unpaired) electrons. The van der Waals surface area contributed by atoms with Crippen LogP contribution in [0.25, 0.3) is 0 Å². The number of amides is 2. The SMILES string of the molecule is O=C1CN(C(=O)CN(CCCO)Cc2ccc(Cl)c(Cl)c2)CCN1. The molecule has 0 aliphatic carbocycles. The van der Waals surface area contributed by atoms with Gasteiger partial charge in [-0.15, -0.1) is 0 Å². The van der Waals surface area contributed by atoms with Gasteiger partial charge in [-0.25, -0.2) is 0 Å². The van der Waals surface area contributed by atoms with Crippen molar-refractivity contribution in [3.8, 4) is 0 Å². The maximum absolute atomic E-state index is 12.4. The summed E-state index contributed by atoms with van der Waals surface area (Å²) >= 11 is 12.0. The highest BCUT2D eigenvalue weighted by Gasteiger charge is 2.22. The molecule has 2 N–H and O–H groups in total. The fourth-order valence-corrected chi connectivity index (χ4v) is 2.87. The molecule has 1 aliphatic heterocycles. The van der Waals surface area contributed by atoms with E-state index in [9.17, 15) is 9.59 Å². The number of aliphatic hydroxyl groups is 1. The molecule has 0 aromatic heterocycles. The molecule has 6 nitrogen and oxygen atoms in total. The molecule has 1 saturated heterocycles. The van der Waals surface area contributed by atoms with Gasteiger partial charge in [-0.3, -0.25) is 14.5 Å². The number of rotatable bonds is 7. The van der Waals surface area contributed by atoms with Gasteiger partial charge in [0, 0.05) is 32.8 Å². The zero-order chi connectivity index (χ0) is 17.5. The number of nitrogens with one attached hydrogen (secondary N) is 1. The number of nitrogens with zero attached hydrogens (tertiary/aromatic N) is 2. The lowest BCUT2D eigenvalue weighted by atomic mass is 10.2. The average Bonchev–Trinajstić information content (AvgIpc) is 2.56. The number of benzene rings is 1. The van der Waals surface area contributed by atoms with Crippen molar-refractivity contribution < 1.29 is 14.7 Å². The zero-order valence-corrected chi connectivity index (χ0v) is 14.8. The minimum Gasteiger partial charge on any atom is -0.396 e. The summed E-state index contributed by atoms with van der Waals surface area (Å²) in [6.07, 6.45) is 0.565. The summed E-state index contributed by atoms with van der Waals surface area (Å²) in [5.74, 6) is -0.233. The number of hydrogen-bond acceptors (Lipinski definition) is 4. The quantitative estimate of drug-likeness (QED) is 0.751. The van der Waals surface area contributed by atoms with Gasteiger partial charge in [-0.2, -0.15) is 0 Å². The number of hydrogen-bond donors (Lipinski definition) is 2. The molecule has 1 aliphatic rings. The van der Waals surface area contributed by atoms with E-state index in [1.807, 2.05) is 11.0 Å². The molecule has 24 heavy (non-hydrogen) atoms. The third-order valence-corrected chi connectivity index (χ3v) is 4.51. The highest BCUT2D eigenvalue weighted by molar-refractivity contribution is 6.42. The van der Waals surface area contributed by atoms with E-state index in [1.165, 1.54) is 0 Å². The van der Waals surface area contributed by atoms with Crippen molar-refractivity contribution >= 4 is 35.0 Å². The molecule has 0 unspecified atom stereocenters. The van der Waals surface area contributed by atoms with Gasteiger partial charge in [-0.05, 0) is 24.1 Å². The zero-order valence-electron chi connectivity index (χ0n) is 13.3. The summed E-state index contributed by atoms with van der Waals surface area (Å²) in [7, 11) is 0. The Hall–Kier alpha value is -1.34. The second kappa shape index (κ2) is 9.22. The molecule has 0 spiro atoms. The molecule has 0 bridgehead atoms. The normalized spacial score (nSPS) is 14.8. The predicted molar refractivity (Wildman–Crippen MR) is 93.0 cm³/mol. The smallest absolute Gasteiger partial charge is 0.239 e. The minimum absolute atomic E-state index is 0.0538. The lowest BCUT2D eigenvalue weighted by Crippen LogP contribution is -2.52. The monoisotopic (exact) mass is 373 g/mol.